The van der Waals surface area contributed by atoms with Gasteiger partial charge in [0.05, 0.1) is 0 Å². The molecule has 0 aliphatic rings. The maximum atomic E-state index is 10.4. The van der Waals surface area contributed by atoms with Gasteiger partial charge in [0.25, 0.3) is 0 Å². The molecule has 68 valence electrons. The molecule has 0 atom stereocenters. The zero-order valence-corrected chi connectivity index (χ0v) is 7.10. The Balaban J connectivity index is 2.68. The first-order valence-electron chi connectivity index (χ1n) is 3.85. The van der Waals surface area contributed by atoms with E-state index in [0.29, 0.717) is 5.82 Å². The van der Waals surface area contributed by atoms with Crippen molar-refractivity contribution in [3.63, 3.8) is 0 Å². The van der Waals surface area contributed by atoms with Gasteiger partial charge in [0.15, 0.2) is 0 Å². The van der Waals surface area contributed by atoms with Crippen LogP contribution in [0.4, 0.5) is 5.82 Å². The van der Waals surface area contributed by atoms with Crippen LogP contribution in [0.2, 0.25) is 0 Å². The Morgan fingerprint density at radius 1 is 1.62 bits per heavy atom. The van der Waals surface area contributed by atoms with E-state index >= 15 is 0 Å². The molecular formula is C9H11N3O. The van der Waals surface area contributed by atoms with Crippen molar-refractivity contribution >= 4 is 17.8 Å². The minimum atomic E-state index is -0.362. The first-order valence-corrected chi connectivity index (χ1v) is 3.85. The fourth-order valence-electron chi connectivity index (χ4n) is 0.873. The van der Waals surface area contributed by atoms with E-state index in [1.165, 1.54) is 0 Å². The molecule has 0 saturated carbocycles. The maximum absolute atomic E-state index is 10.4. The average Bonchev–Trinajstić information content (AvgIpc) is 2.08. The second-order valence-corrected chi connectivity index (χ2v) is 2.55. The van der Waals surface area contributed by atoms with Crippen LogP contribution >= 0.6 is 0 Å². The first-order chi connectivity index (χ1) is 6.20. The van der Waals surface area contributed by atoms with E-state index in [1.807, 2.05) is 6.07 Å². The number of nitrogen functional groups attached to an aromatic ring is 1. The lowest BCUT2D eigenvalue weighted by Gasteiger charge is -1.96. The van der Waals surface area contributed by atoms with Crippen LogP contribution in [0.5, 0.6) is 0 Å². The molecule has 0 aliphatic carbocycles. The van der Waals surface area contributed by atoms with Crippen LogP contribution in [0.25, 0.3) is 6.08 Å². The van der Waals surface area contributed by atoms with E-state index < -0.39 is 0 Å². The lowest BCUT2D eigenvalue weighted by Crippen LogP contribution is -2.07. The van der Waals surface area contributed by atoms with Gasteiger partial charge in [0, 0.05) is 18.2 Å². The van der Waals surface area contributed by atoms with Crippen molar-refractivity contribution in [2.45, 2.75) is 6.42 Å². The highest BCUT2D eigenvalue weighted by molar-refractivity contribution is 5.77. The number of amides is 1. The number of anilines is 1. The molecule has 1 heterocycles. The van der Waals surface area contributed by atoms with Crippen LogP contribution in [0.3, 0.4) is 0 Å². The highest BCUT2D eigenvalue weighted by atomic mass is 16.1. The molecule has 4 nitrogen and oxygen atoms in total. The molecule has 0 aliphatic heterocycles. The summed E-state index contributed by atoms with van der Waals surface area (Å²) in [5.74, 6) is 0.0851. The molecule has 0 radical (unpaired) electrons. The highest BCUT2D eigenvalue weighted by Gasteiger charge is 1.93. The number of hydrogen-bond donors (Lipinski definition) is 2. The molecule has 1 amide bonds. The molecule has 13 heavy (non-hydrogen) atoms. The van der Waals surface area contributed by atoms with E-state index in [9.17, 15) is 4.79 Å². The van der Waals surface area contributed by atoms with Crippen LogP contribution in [0.1, 0.15) is 12.0 Å². The maximum Gasteiger partial charge on any atom is 0.221 e. The topological polar surface area (TPSA) is 82.0 Å². The lowest BCUT2D eigenvalue weighted by molar-refractivity contribution is -0.117. The van der Waals surface area contributed by atoms with Crippen molar-refractivity contribution in [3.8, 4) is 0 Å². The second kappa shape index (κ2) is 4.25. The summed E-state index contributed by atoms with van der Waals surface area (Å²) in [6.45, 7) is 0. The predicted molar refractivity (Wildman–Crippen MR) is 51.5 cm³/mol. The third-order valence-electron chi connectivity index (χ3n) is 1.49. The number of rotatable bonds is 3. The van der Waals surface area contributed by atoms with Gasteiger partial charge < -0.3 is 11.5 Å². The van der Waals surface area contributed by atoms with Crippen molar-refractivity contribution in [1.82, 2.24) is 4.98 Å². The van der Waals surface area contributed by atoms with E-state index in [0.717, 1.165) is 5.56 Å². The number of hydrogen-bond acceptors (Lipinski definition) is 3. The standard InChI is InChI=1S/C9H11N3O/c10-8(13)5-1-3-7-4-2-6-12-9(7)11/h1-4,6H,5H2,(H2,10,13)(H2,11,12). The summed E-state index contributed by atoms with van der Waals surface area (Å²) in [4.78, 5) is 14.3. The van der Waals surface area contributed by atoms with E-state index in [-0.39, 0.29) is 12.3 Å². The van der Waals surface area contributed by atoms with Gasteiger partial charge in [0.2, 0.25) is 5.91 Å². The van der Waals surface area contributed by atoms with Gasteiger partial charge in [-0.1, -0.05) is 12.2 Å². The quantitative estimate of drug-likeness (QED) is 0.707. The third kappa shape index (κ3) is 2.94. The number of carbonyl (C=O) groups is 1. The predicted octanol–water partition coefficient (Wildman–Crippen LogP) is 0.552. The summed E-state index contributed by atoms with van der Waals surface area (Å²) in [6, 6.07) is 3.60. The Kier molecular flexibility index (Phi) is 3.03. The number of primary amides is 1. The number of carbonyl (C=O) groups excluding carboxylic acids is 1. The number of pyridine rings is 1. The average molecular weight is 177 g/mol. The minimum absolute atomic E-state index is 0.217. The van der Waals surface area contributed by atoms with Gasteiger partial charge in [-0.15, -0.1) is 0 Å². The van der Waals surface area contributed by atoms with E-state index in [1.54, 1.807) is 24.4 Å². The molecule has 4 N–H and O–H groups in total. The third-order valence-corrected chi connectivity index (χ3v) is 1.49. The van der Waals surface area contributed by atoms with Crippen molar-refractivity contribution in [2.24, 2.45) is 5.73 Å². The van der Waals surface area contributed by atoms with Crippen LogP contribution < -0.4 is 11.5 Å². The number of nitrogens with zero attached hydrogens (tertiary/aromatic N) is 1. The van der Waals surface area contributed by atoms with Gasteiger partial charge in [-0.25, -0.2) is 4.98 Å². The van der Waals surface area contributed by atoms with Crippen molar-refractivity contribution in [1.29, 1.82) is 0 Å². The summed E-state index contributed by atoms with van der Waals surface area (Å²) in [7, 11) is 0. The molecule has 0 saturated heterocycles. The van der Waals surface area contributed by atoms with Crippen molar-refractivity contribution in [3.05, 3.63) is 30.0 Å². The van der Waals surface area contributed by atoms with Crippen LogP contribution in [-0.4, -0.2) is 10.9 Å². The first kappa shape index (κ1) is 9.25. The molecule has 0 aromatic carbocycles. The van der Waals surface area contributed by atoms with Crippen molar-refractivity contribution < 1.29 is 4.79 Å². The molecule has 0 fully saturated rings. The van der Waals surface area contributed by atoms with Gasteiger partial charge in [-0.2, -0.15) is 0 Å². The minimum Gasteiger partial charge on any atom is -0.383 e. The summed E-state index contributed by atoms with van der Waals surface area (Å²) in [5.41, 5.74) is 11.3. The Morgan fingerprint density at radius 2 is 2.38 bits per heavy atom. The van der Waals surface area contributed by atoms with Crippen LogP contribution in [0.15, 0.2) is 24.4 Å². The molecule has 0 spiro atoms. The summed E-state index contributed by atoms with van der Waals surface area (Å²) in [5, 5.41) is 0. The zero-order valence-electron chi connectivity index (χ0n) is 7.10. The van der Waals surface area contributed by atoms with Gasteiger partial charge in [0.1, 0.15) is 5.82 Å². The second-order valence-electron chi connectivity index (χ2n) is 2.55. The summed E-state index contributed by atoms with van der Waals surface area (Å²) >= 11 is 0. The Hall–Kier alpha value is -1.84. The number of aromatic nitrogens is 1. The van der Waals surface area contributed by atoms with Gasteiger partial charge in [-0.3, -0.25) is 4.79 Å². The molecular weight excluding hydrogens is 166 g/mol. The molecule has 0 bridgehead atoms. The van der Waals surface area contributed by atoms with Crippen LogP contribution in [-0.2, 0) is 4.79 Å². The van der Waals surface area contributed by atoms with Crippen molar-refractivity contribution in [2.75, 3.05) is 5.73 Å². The Labute approximate surface area is 76.3 Å². The SMILES string of the molecule is NC(=O)CC=Cc1cccnc1N. The molecule has 0 unspecified atom stereocenters. The largest absolute Gasteiger partial charge is 0.383 e. The summed E-state index contributed by atoms with van der Waals surface area (Å²) < 4.78 is 0. The number of nitrogens with two attached hydrogens (primary N) is 2. The monoisotopic (exact) mass is 177 g/mol. The molecule has 4 heteroatoms. The Morgan fingerprint density at radius 3 is 3.00 bits per heavy atom. The van der Waals surface area contributed by atoms with Gasteiger partial charge >= 0.3 is 0 Å². The van der Waals surface area contributed by atoms with E-state index in [2.05, 4.69) is 4.98 Å². The Bertz CT molecular complexity index is 333. The van der Waals surface area contributed by atoms with E-state index in [4.69, 9.17) is 11.5 Å². The van der Waals surface area contributed by atoms with Crippen LogP contribution in [0, 0.1) is 0 Å². The van der Waals surface area contributed by atoms with Gasteiger partial charge in [-0.05, 0) is 12.1 Å². The normalized spacial score (nSPS) is 10.5. The smallest absolute Gasteiger partial charge is 0.221 e. The fraction of sp³-hybridized carbons (Fsp3) is 0.111. The lowest BCUT2D eigenvalue weighted by atomic mass is 10.2. The highest BCUT2D eigenvalue weighted by Crippen LogP contribution is 2.08. The molecule has 1 aromatic rings. The summed E-state index contributed by atoms with van der Waals surface area (Å²) in [6.07, 6.45) is 5.22. The molecule has 1 aromatic heterocycles. The fourth-order valence-corrected chi connectivity index (χ4v) is 0.873. The molecule has 1 rings (SSSR count). The zero-order chi connectivity index (χ0) is 9.68.